The molecule has 2 unspecified atom stereocenters. The Morgan fingerprint density at radius 3 is 2.67 bits per heavy atom. The number of amides is 2. The lowest BCUT2D eigenvalue weighted by Gasteiger charge is -2.43. The normalized spacial score (nSPS) is 19.9. The van der Waals surface area contributed by atoms with Crippen LogP contribution in [0.1, 0.15) is 44.7 Å². The van der Waals surface area contributed by atoms with Gasteiger partial charge in [-0.3, -0.25) is 9.59 Å². The Bertz CT molecular complexity index is 1180. The number of nitrogens with zero attached hydrogens (tertiary/aromatic N) is 3. The topological polar surface area (TPSA) is 65.5 Å². The van der Waals surface area contributed by atoms with Crippen LogP contribution in [0.15, 0.2) is 66.9 Å². The summed E-state index contributed by atoms with van der Waals surface area (Å²) in [5, 5.41) is 3.84. The third kappa shape index (κ3) is 4.18. The van der Waals surface area contributed by atoms with Gasteiger partial charge in [-0.15, -0.1) is 0 Å². The number of carbonyl (C=O) groups is 2. The second-order valence-corrected chi connectivity index (χ2v) is 9.02. The van der Waals surface area contributed by atoms with Crippen LogP contribution in [-0.4, -0.2) is 45.4 Å². The number of halogens is 1. The lowest BCUT2D eigenvalue weighted by molar-refractivity contribution is 0.0486. The van der Waals surface area contributed by atoms with E-state index in [2.05, 4.69) is 10.3 Å². The maximum atomic E-state index is 13.6. The lowest BCUT2D eigenvalue weighted by Crippen LogP contribution is -2.58. The van der Waals surface area contributed by atoms with Crippen LogP contribution in [0, 0.1) is 6.92 Å². The summed E-state index contributed by atoms with van der Waals surface area (Å²) in [7, 11) is 0. The van der Waals surface area contributed by atoms with Crippen LogP contribution in [0.5, 0.6) is 0 Å². The Kier molecular flexibility index (Phi) is 5.77. The number of carbonyl (C=O) groups excluding carboxylic acids is 2. The average Bonchev–Trinajstić information content (AvgIpc) is 3.31. The van der Waals surface area contributed by atoms with Gasteiger partial charge in [0.05, 0.1) is 17.3 Å². The van der Waals surface area contributed by atoms with Gasteiger partial charge >= 0.3 is 0 Å². The average molecular weight is 461 g/mol. The zero-order valence-corrected chi connectivity index (χ0v) is 19.1. The van der Waals surface area contributed by atoms with Crippen molar-refractivity contribution in [1.29, 1.82) is 0 Å². The molecule has 2 aliphatic rings. The predicted octanol–water partition coefficient (Wildman–Crippen LogP) is 4.74. The van der Waals surface area contributed by atoms with Crippen LogP contribution in [0.2, 0.25) is 5.15 Å². The number of hydrogen-bond donors (Lipinski definition) is 1. The van der Waals surface area contributed by atoms with Gasteiger partial charge in [0.1, 0.15) is 11.3 Å². The molecule has 0 radical (unpaired) electrons. The highest BCUT2D eigenvalue weighted by molar-refractivity contribution is 6.29. The maximum Gasteiger partial charge on any atom is 0.259 e. The van der Waals surface area contributed by atoms with E-state index in [0.717, 1.165) is 24.0 Å². The van der Waals surface area contributed by atoms with E-state index in [1.54, 1.807) is 6.07 Å². The zero-order chi connectivity index (χ0) is 22.9. The second-order valence-electron chi connectivity index (χ2n) is 8.63. The molecule has 3 heterocycles. The summed E-state index contributed by atoms with van der Waals surface area (Å²) in [4.78, 5) is 34.8. The molecule has 3 aromatic rings. The molecule has 2 amide bonds. The Morgan fingerprint density at radius 1 is 1.15 bits per heavy atom. The smallest absolute Gasteiger partial charge is 0.259 e. The van der Waals surface area contributed by atoms with Gasteiger partial charge in [0.15, 0.2) is 0 Å². The van der Waals surface area contributed by atoms with Crippen LogP contribution in [0.3, 0.4) is 0 Å². The largest absolute Gasteiger partial charge is 0.363 e. The van der Waals surface area contributed by atoms with E-state index in [1.165, 1.54) is 6.20 Å². The molecule has 6 nitrogen and oxygen atoms in total. The van der Waals surface area contributed by atoms with Gasteiger partial charge in [-0.05, 0) is 43.5 Å². The van der Waals surface area contributed by atoms with Gasteiger partial charge in [0.25, 0.3) is 11.8 Å². The maximum absolute atomic E-state index is 13.6. The Morgan fingerprint density at radius 2 is 1.91 bits per heavy atom. The third-order valence-electron chi connectivity index (χ3n) is 6.42. The van der Waals surface area contributed by atoms with Crippen molar-refractivity contribution < 1.29 is 9.59 Å². The number of pyridine rings is 1. The fourth-order valence-electron chi connectivity index (χ4n) is 4.73. The number of fused-ring (bicyclic) bond motifs is 1. The fraction of sp³-hybridized carbons (Fsp3) is 0.269. The summed E-state index contributed by atoms with van der Waals surface area (Å²) in [6.45, 7) is 3.10. The minimum atomic E-state index is -0.374. The molecule has 1 fully saturated rings. The number of benzene rings is 2. The van der Waals surface area contributed by atoms with E-state index in [0.29, 0.717) is 35.1 Å². The van der Waals surface area contributed by atoms with Gasteiger partial charge in [0.2, 0.25) is 0 Å². The minimum absolute atomic E-state index is 0.00929. The molecule has 2 aromatic carbocycles. The first-order valence-corrected chi connectivity index (χ1v) is 11.5. The summed E-state index contributed by atoms with van der Waals surface area (Å²) in [5.74, 6) is -0.124. The Hall–Kier alpha value is -3.38. The van der Waals surface area contributed by atoms with Gasteiger partial charge in [0, 0.05) is 24.8 Å². The lowest BCUT2D eigenvalue weighted by atomic mass is 10.0. The van der Waals surface area contributed by atoms with Crippen molar-refractivity contribution in [3.63, 3.8) is 0 Å². The molecule has 1 N–H and O–H groups in total. The highest BCUT2D eigenvalue weighted by Crippen LogP contribution is 2.34. The molecule has 0 spiro atoms. The monoisotopic (exact) mass is 460 g/mol. The Balaban J connectivity index is 1.50. The molecule has 5 rings (SSSR count). The molecule has 1 aromatic heterocycles. The van der Waals surface area contributed by atoms with E-state index in [1.807, 2.05) is 71.3 Å². The first-order valence-electron chi connectivity index (χ1n) is 11.2. The molecular formula is C26H25ClN4O2. The van der Waals surface area contributed by atoms with Crippen molar-refractivity contribution in [3.8, 4) is 0 Å². The first-order chi connectivity index (χ1) is 16.0. The van der Waals surface area contributed by atoms with Gasteiger partial charge in [-0.25, -0.2) is 4.98 Å². The quantitative estimate of drug-likeness (QED) is 0.571. The van der Waals surface area contributed by atoms with E-state index in [4.69, 9.17) is 11.6 Å². The van der Waals surface area contributed by atoms with Crippen molar-refractivity contribution in [2.75, 3.05) is 11.9 Å². The van der Waals surface area contributed by atoms with Crippen LogP contribution < -0.4 is 5.32 Å². The van der Waals surface area contributed by atoms with Crippen LogP contribution in [-0.2, 0) is 6.54 Å². The highest BCUT2D eigenvalue weighted by Gasteiger charge is 2.43. The number of anilines is 1. The molecule has 33 heavy (non-hydrogen) atoms. The predicted molar refractivity (Wildman–Crippen MR) is 128 cm³/mol. The number of likely N-dealkylation sites (tertiary alicyclic amines) is 1. The molecular weight excluding hydrogens is 436 g/mol. The van der Waals surface area contributed by atoms with Crippen molar-refractivity contribution >= 4 is 29.1 Å². The van der Waals surface area contributed by atoms with Gasteiger partial charge < -0.3 is 15.1 Å². The molecule has 2 aliphatic heterocycles. The molecule has 168 valence electrons. The molecule has 7 heteroatoms. The standard InChI is InChI=1S/C26H25ClN4O2/c1-17-9-11-19(12-10-17)25(32)30-13-5-8-22(30)24-29-21-14-23(27)28-15-20(21)26(33)31(24)16-18-6-3-2-4-7-18/h2-4,6-7,9-12,14-15,22,24,29H,5,8,13,16H2,1H3. The fourth-order valence-corrected chi connectivity index (χ4v) is 4.88. The zero-order valence-electron chi connectivity index (χ0n) is 18.4. The summed E-state index contributed by atoms with van der Waals surface area (Å²) in [5.41, 5.74) is 3.94. The van der Waals surface area contributed by atoms with Crippen molar-refractivity contribution in [2.45, 2.75) is 38.5 Å². The number of rotatable bonds is 4. The first kappa shape index (κ1) is 21.5. The summed E-state index contributed by atoms with van der Waals surface area (Å²) < 4.78 is 0. The van der Waals surface area contributed by atoms with E-state index >= 15 is 0 Å². The van der Waals surface area contributed by atoms with E-state index < -0.39 is 0 Å². The van der Waals surface area contributed by atoms with Crippen molar-refractivity contribution in [2.24, 2.45) is 0 Å². The number of aryl methyl sites for hydroxylation is 1. The van der Waals surface area contributed by atoms with Crippen molar-refractivity contribution in [1.82, 2.24) is 14.8 Å². The number of nitrogens with one attached hydrogen (secondary N) is 1. The van der Waals surface area contributed by atoms with Crippen LogP contribution >= 0.6 is 11.6 Å². The molecule has 1 saturated heterocycles. The van der Waals surface area contributed by atoms with E-state index in [9.17, 15) is 9.59 Å². The van der Waals surface area contributed by atoms with Gasteiger partial charge in [-0.1, -0.05) is 59.6 Å². The Labute approximate surface area is 198 Å². The number of hydrogen-bond acceptors (Lipinski definition) is 4. The van der Waals surface area contributed by atoms with E-state index in [-0.39, 0.29) is 24.0 Å². The molecule has 0 bridgehead atoms. The molecule has 0 aliphatic carbocycles. The molecule has 2 atom stereocenters. The summed E-state index contributed by atoms with van der Waals surface area (Å²) >= 11 is 6.13. The summed E-state index contributed by atoms with van der Waals surface area (Å²) in [6, 6.07) is 19.1. The van der Waals surface area contributed by atoms with Gasteiger partial charge in [-0.2, -0.15) is 0 Å². The van der Waals surface area contributed by atoms with Crippen LogP contribution in [0.25, 0.3) is 0 Å². The minimum Gasteiger partial charge on any atom is -0.363 e. The van der Waals surface area contributed by atoms with Crippen molar-refractivity contribution in [3.05, 3.63) is 94.3 Å². The third-order valence-corrected chi connectivity index (χ3v) is 6.63. The number of aromatic nitrogens is 1. The second kappa shape index (κ2) is 8.87. The highest BCUT2D eigenvalue weighted by atomic mass is 35.5. The summed E-state index contributed by atoms with van der Waals surface area (Å²) in [6.07, 6.45) is 2.84. The van der Waals surface area contributed by atoms with Crippen LogP contribution in [0.4, 0.5) is 5.69 Å². The SMILES string of the molecule is Cc1ccc(C(=O)N2CCCC2C2Nc3cc(Cl)ncc3C(=O)N2Cc2ccccc2)cc1. The molecule has 0 saturated carbocycles.